The van der Waals surface area contributed by atoms with Crippen LogP contribution in [0.25, 0.3) is 32.2 Å². The number of piperidine rings is 2. The van der Waals surface area contributed by atoms with E-state index in [0.29, 0.717) is 78.5 Å². The third-order valence-corrected chi connectivity index (χ3v) is 16.6. The van der Waals surface area contributed by atoms with Gasteiger partial charge in [-0.25, -0.2) is 14.8 Å². The van der Waals surface area contributed by atoms with Crippen molar-refractivity contribution in [3.05, 3.63) is 125 Å². The fraction of sp³-hybridized carbons (Fsp3) is 0.357. The molecule has 4 aromatic carbocycles. The van der Waals surface area contributed by atoms with E-state index in [1.807, 2.05) is 110 Å². The molecule has 2 atom stereocenters. The maximum Gasteiger partial charge on any atom is 0.355 e. The Bertz CT molecular complexity index is 3310. The van der Waals surface area contributed by atoms with Crippen LogP contribution in [0.2, 0.25) is 0 Å². The Kier molecular flexibility index (Phi) is 13.0. The van der Waals surface area contributed by atoms with Crippen LogP contribution in [-0.2, 0) is 34.4 Å². The molecule has 374 valence electrons. The van der Waals surface area contributed by atoms with Crippen LogP contribution in [-0.4, -0.2) is 92.1 Å². The number of para-hydroxylation sites is 1. The van der Waals surface area contributed by atoms with E-state index in [0.717, 1.165) is 94.3 Å². The quantitative estimate of drug-likeness (QED) is 0.0801. The van der Waals surface area contributed by atoms with Gasteiger partial charge in [-0.05, 0) is 160 Å². The number of nitrogens with zero attached hydrogens (tertiary/aromatic N) is 6. The van der Waals surface area contributed by atoms with Crippen LogP contribution in [0.3, 0.4) is 0 Å². The van der Waals surface area contributed by atoms with Crippen molar-refractivity contribution in [2.24, 2.45) is 18.4 Å². The summed E-state index contributed by atoms with van der Waals surface area (Å²) in [5.41, 5.74) is 7.82. The zero-order chi connectivity index (χ0) is 50.4. The number of hydrogen-bond acceptors (Lipinski definition) is 12. The molecule has 0 unspecified atom stereocenters. The van der Waals surface area contributed by atoms with E-state index in [9.17, 15) is 29.1 Å². The summed E-state index contributed by atoms with van der Waals surface area (Å²) in [6, 6.07) is 28.6. The average molecular weight is 1000 g/mol. The molecule has 6 heterocycles. The minimum Gasteiger partial charge on any atom is -0.493 e. The van der Waals surface area contributed by atoms with E-state index in [-0.39, 0.29) is 41.2 Å². The molecule has 3 aliphatic heterocycles. The maximum atomic E-state index is 13.7. The molecule has 0 bridgehead atoms. The molecule has 4 N–H and O–H groups in total. The Morgan fingerprint density at radius 2 is 1.73 bits per heavy atom. The van der Waals surface area contributed by atoms with Crippen LogP contribution >= 0.6 is 11.3 Å². The first-order chi connectivity index (χ1) is 35.4. The molecular weight excluding hydrogens is 943 g/mol. The summed E-state index contributed by atoms with van der Waals surface area (Å²) in [7, 11) is 1.81. The van der Waals surface area contributed by atoms with E-state index < -0.39 is 11.9 Å². The number of rotatable bonds is 13. The normalized spacial score (nSPS) is 18.7. The lowest BCUT2D eigenvalue weighted by molar-refractivity contribution is -0.134. The van der Waals surface area contributed by atoms with E-state index in [1.165, 1.54) is 17.8 Å². The van der Waals surface area contributed by atoms with Gasteiger partial charge in [0.05, 0.1) is 40.5 Å². The van der Waals surface area contributed by atoms with Crippen molar-refractivity contribution in [3.8, 4) is 16.9 Å². The lowest BCUT2D eigenvalue weighted by atomic mass is 9.76. The number of carboxylic acid groups (broad SMARTS) is 1. The molecule has 7 aromatic rings. The number of carbonyl (C=O) groups is 5. The zero-order valence-corrected chi connectivity index (χ0v) is 41.7. The molecule has 16 nitrogen and oxygen atoms in total. The Morgan fingerprint density at radius 1 is 0.890 bits per heavy atom. The first kappa shape index (κ1) is 47.8. The van der Waals surface area contributed by atoms with Crippen molar-refractivity contribution < 1.29 is 33.8 Å². The van der Waals surface area contributed by atoms with Gasteiger partial charge in [0.2, 0.25) is 17.7 Å². The summed E-state index contributed by atoms with van der Waals surface area (Å²) < 4.78 is 9.16. The number of aromatic nitrogens is 4. The second-order valence-electron chi connectivity index (χ2n) is 20.2. The smallest absolute Gasteiger partial charge is 0.355 e. The Balaban J connectivity index is 0.672. The van der Waals surface area contributed by atoms with E-state index >= 15 is 0 Å². The fourth-order valence-electron chi connectivity index (χ4n) is 11.7. The third kappa shape index (κ3) is 9.78. The average Bonchev–Trinajstić information content (AvgIpc) is 4.09. The van der Waals surface area contributed by atoms with E-state index in [1.54, 1.807) is 4.68 Å². The number of fused-ring (bicyclic) bond motifs is 3. The first-order valence-corrected chi connectivity index (χ1v) is 26.0. The number of aryl methyl sites for hydroxylation is 1. The molecule has 11 rings (SSSR count). The number of hydrogen-bond donors (Lipinski definition) is 4. The predicted molar refractivity (Wildman–Crippen MR) is 280 cm³/mol. The number of ether oxygens (including phenoxy) is 1. The van der Waals surface area contributed by atoms with Crippen molar-refractivity contribution in [1.29, 1.82) is 0 Å². The summed E-state index contributed by atoms with van der Waals surface area (Å²) in [6.07, 6.45) is 7.86. The highest BCUT2D eigenvalue weighted by molar-refractivity contribution is 7.22. The van der Waals surface area contributed by atoms with Gasteiger partial charge in [0, 0.05) is 48.8 Å². The summed E-state index contributed by atoms with van der Waals surface area (Å²) in [6.45, 7) is 5.59. The second kappa shape index (κ2) is 19.8. The monoisotopic (exact) mass is 999 g/mol. The number of pyridine rings is 1. The van der Waals surface area contributed by atoms with Gasteiger partial charge in [-0.1, -0.05) is 47.7 Å². The van der Waals surface area contributed by atoms with Crippen LogP contribution < -0.4 is 25.6 Å². The standard InChI is InChI=1S/C56H57N9O7S/c1-33-37(38-15-17-47(59-51(38)54(70)71)65-25-20-35-7-5-9-39(42(35)31-65)52(68)61-55-58-43-10-3-4-12-46(43)73-55)8-6-11-45(33)72-28-21-34-19-22-56(30-34)23-26-64(27-24-56)32-49(67)57-36-13-14-40-44(29-36)63(2)62-50(40)41-16-18-48(66)60-53(41)69/h3-15,17,29,34,41H,16,18-28,30-32H2,1-2H3,(H,57,67)(H,70,71)(H,58,61,68)(H,60,66,69)/t34-,41-/m1/s1. The minimum atomic E-state index is -1.12. The number of nitrogens with one attached hydrogen (secondary N) is 3. The van der Waals surface area contributed by atoms with Gasteiger partial charge >= 0.3 is 5.97 Å². The van der Waals surface area contributed by atoms with Gasteiger partial charge in [-0.3, -0.25) is 39.4 Å². The molecule has 4 aliphatic rings. The van der Waals surface area contributed by atoms with Gasteiger partial charge in [0.25, 0.3) is 5.91 Å². The van der Waals surface area contributed by atoms with Crippen LogP contribution in [0.1, 0.15) is 101 Å². The minimum absolute atomic E-state index is 0.0422. The molecule has 17 heteroatoms. The molecule has 1 aliphatic carbocycles. The van der Waals surface area contributed by atoms with Crippen molar-refractivity contribution in [2.75, 3.05) is 48.3 Å². The number of thiazole rings is 1. The zero-order valence-electron chi connectivity index (χ0n) is 40.9. The fourth-order valence-corrected chi connectivity index (χ4v) is 12.5. The molecule has 2 saturated heterocycles. The summed E-state index contributed by atoms with van der Waals surface area (Å²) in [5, 5.41) is 25.0. The highest BCUT2D eigenvalue weighted by atomic mass is 32.1. The molecule has 0 radical (unpaired) electrons. The largest absolute Gasteiger partial charge is 0.493 e. The van der Waals surface area contributed by atoms with Gasteiger partial charge in [0.1, 0.15) is 11.6 Å². The van der Waals surface area contributed by atoms with Crippen molar-refractivity contribution in [1.82, 2.24) is 30.0 Å². The number of aromatic carboxylic acids is 1. The number of carboxylic acids is 1. The lowest BCUT2D eigenvalue weighted by Crippen LogP contribution is -2.42. The summed E-state index contributed by atoms with van der Waals surface area (Å²) in [4.78, 5) is 77.7. The van der Waals surface area contributed by atoms with Crippen molar-refractivity contribution in [2.45, 2.75) is 77.2 Å². The lowest BCUT2D eigenvalue weighted by Gasteiger charge is -2.39. The Hall–Kier alpha value is -7.50. The number of imide groups is 1. The highest BCUT2D eigenvalue weighted by Crippen LogP contribution is 2.50. The predicted octanol–water partition coefficient (Wildman–Crippen LogP) is 8.88. The van der Waals surface area contributed by atoms with Crippen LogP contribution in [0, 0.1) is 18.3 Å². The molecular formula is C56H57N9O7S. The molecule has 4 amide bonds. The Morgan fingerprint density at radius 3 is 2.55 bits per heavy atom. The van der Waals surface area contributed by atoms with Crippen LogP contribution in [0.15, 0.2) is 91.0 Å². The summed E-state index contributed by atoms with van der Waals surface area (Å²) in [5.74, 6) is -0.711. The number of carbonyl (C=O) groups excluding carboxylic acids is 4. The maximum absolute atomic E-state index is 13.7. The molecule has 1 spiro atoms. The van der Waals surface area contributed by atoms with Gasteiger partial charge in [-0.15, -0.1) is 0 Å². The highest BCUT2D eigenvalue weighted by Gasteiger charge is 2.41. The topological polar surface area (TPSA) is 201 Å². The molecule has 73 heavy (non-hydrogen) atoms. The molecule has 3 aromatic heterocycles. The number of anilines is 3. The molecule has 1 saturated carbocycles. The number of benzene rings is 4. The van der Waals surface area contributed by atoms with Crippen LogP contribution in [0.5, 0.6) is 5.75 Å². The first-order valence-electron chi connectivity index (χ1n) is 25.2. The van der Waals surface area contributed by atoms with Crippen molar-refractivity contribution >= 4 is 78.7 Å². The third-order valence-electron chi connectivity index (χ3n) is 15.6. The Labute approximate surface area is 426 Å². The number of amides is 4. The van der Waals surface area contributed by atoms with Gasteiger partial charge < -0.3 is 20.1 Å². The number of likely N-dealkylation sites (tertiary alicyclic amines) is 1. The SMILES string of the molecule is Cc1c(OCC[C@H]2CCC3(CCN(CC(=O)Nc4ccc5c([C@H]6CCC(=O)NC6=O)nn(C)c5c4)CC3)C2)cccc1-c1ccc(N2CCc3cccc(C(=O)Nc4nc5ccccc5s4)c3C2)nc1C(=O)O. The van der Waals surface area contributed by atoms with Gasteiger partial charge in [-0.2, -0.15) is 5.10 Å². The van der Waals surface area contributed by atoms with Crippen LogP contribution in [0.4, 0.5) is 16.6 Å². The molecule has 3 fully saturated rings. The van der Waals surface area contributed by atoms with Crippen molar-refractivity contribution in [3.63, 3.8) is 0 Å². The van der Waals surface area contributed by atoms with E-state index in [4.69, 9.17) is 9.72 Å². The van der Waals surface area contributed by atoms with E-state index in [2.05, 4.69) is 30.9 Å². The van der Waals surface area contributed by atoms with Gasteiger partial charge in [0.15, 0.2) is 10.8 Å². The second-order valence-corrected chi connectivity index (χ2v) is 21.2. The summed E-state index contributed by atoms with van der Waals surface area (Å²) >= 11 is 1.43.